The minimum atomic E-state index is -1.04. The highest BCUT2D eigenvalue weighted by atomic mass is 32.1. The van der Waals surface area contributed by atoms with Crippen molar-refractivity contribution < 1.29 is 24.2 Å². The molecule has 0 fully saturated rings. The van der Waals surface area contributed by atoms with Gasteiger partial charge in [-0.2, -0.15) is 0 Å². The summed E-state index contributed by atoms with van der Waals surface area (Å²) in [6.45, 7) is 1.49. The molecule has 0 saturated carbocycles. The van der Waals surface area contributed by atoms with Crippen LogP contribution in [0.25, 0.3) is 0 Å². The van der Waals surface area contributed by atoms with Crippen molar-refractivity contribution in [3.63, 3.8) is 0 Å². The van der Waals surface area contributed by atoms with Crippen LogP contribution < -0.4 is 5.32 Å². The monoisotopic (exact) mass is 328 g/mol. The summed E-state index contributed by atoms with van der Waals surface area (Å²) in [6, 6.07) is 3.44. The lowest BCUT2D eigenvalue weighted by Crippen LogP contribution is -2.53. The number of likely N-dealkylation sites (N-methyl/N-ethyl adjacent to an activating group) is 1. The number of rotatable bonds is 8. The van der Waals surface area contributed by atoms with E-state index < -0.39 is 17.4 Å². The molecule has 7 nitrogen and oxygen atoms in total. The number of carbonyl (C=O) groups is 3. The fourth-order valence-corrected chi connectivity index (χ4v) is 2.75. The van der Waals surface area contributed by atoms with E-state index in [4.69, 9.17) is 9.84 Å². The molecular formula is C14H20N2O5S. The number of hydrogen-bond donors (Lipinski definition) is 2. The van der Waals surface area contributed by atoms with E-state index in [0.717, 1.165) is 0 Å². The highest BCUT2D eigenvalue weighted by Gasteiger charge is 2.30. The summed E-state index contributed by atoms with van der Waals surface area (Å²) in [6.07, 6.45) is -0.269. The van der Waals surface area contributed by atoms with Gasteiger partial charge in [0.2, 0.25) is 5.91 Å². The quantitative estimate of drug-likeness (QED) is 0.736. The van der Waals surface area contributed by atoms with Gasteiger partial charge in [0.05, 0.1) is 30.0 Å². The van der Waals surface area contributed by atoms with Crippen molar-refractivity contribution in [2.75, 3.05) is 27.3 Å². The molecule has 122 valence electrons. The van der Waals surface area contributed by atoms with Crippen molar-refractivity contribution in [2.45, 2.75) is 18.9 Å². The third-order valence-corrected chi connectivity index (χ3v) is 3.76. The van der Waals surface area contributed by atoms with Gasteiger partial charge < -0.3 is 20.1 Å². The van der Waals surface area contributed by atoms with Crippen molar-refractivity contribution in [1.29, 1.82) is 0 Å². The van der Waals surface area contributed by atoms with Crippen molar-refractivity contribution in [1.82, 2.24) is 10.2 Å². The SMILES string of the molecule is COCC(C)(CC(=O)O)NC(=O)CN(C)C(=O)c1cccs1. The molecule has 0 aromatic carbocycles. The lowest BCUT2D eigenvalue weighted by atomic mass is 9.99. The fourth-order valence-electron chi connectivity index (χ4n) is 2.04. The van der Waals surface area contributed by atoms with Gasteiger partial charge >= 0.3 is 5.97 Å². The zero-order valence-electron chi connectivity index (χ0n) is 12.8. The number of hydrogen-bond acceptors (Lipinski definition) is 5. The van der Waals surface area contributed by atoms with Crippen LogP contribution in [-0.4, -0.2) is 60.6 Å². The van der Waals surface area contributed by atoms with Gasteiger partial charge in [-0.3, -0.25) is 14.4 Å². The second-order valence-corrected chi connectivity index (χ2v) is 6.20. The van der Waals surface area contributed by atoms with Crippen LogP contribution in [-0.2, 0) is 14.3 Å². The molecule has 0 aliphatic carbocycles. The van der Waals surface area contributed by atoms with E-state index >= 15 is 0 Å². The number of nitrogens with zero attached hydrogens (tertiary/aromatic N) is 1. The van der Waals surface area contributed by atoms with Crippen molar-refractivity contribution in [2.24, 2.45) is 0 Å². The standard InChI is InChI=1S/C14H20N2O5S/c1-14(9-21-3,7-12(18)19)15-11(17)8-16(2)13(20)10-5-4-6-22-10/h4-6H,7-9H2,1-3H3,(H,15,17)(H,18,19). The van der Waals surface area contributed by atoms with Gasteiger partial charge in [0, 0.05) is 14.2 Å². The topological polar surface area (TPSA) is 95.9 Å². The van der Waals surface area contributed by atoms with Crippen LogP contribution in [0.4, 0.5) is 0 Å². The molecule has 8 heteroatoms. The molecule has 1 aromatic heterocycles. The average Bonchev–Trinajstić information content (AvgIpc) is 2.89. The molecule has 0 radical (unpaired) electrons. The molecule has 1 unspecified atom stereocenters. The Morgan fingerprint density at radius 3 is 2.64 bits per heavy atom. The Kier molecular flexibility index (Phi) is 6.51. The Morgan fingerprint density at radius 2 is 2.14 bits per heavy atom. The largest absolute Gasteiger partial charge is 0.481 e. The first-order valence-corrected chi connectivity index (χ1v) is 7.46. The van der Waals surface area contributed by atoms with Crippen LogP contribution in [0.1, 0.15) is 23.0 Å². The van der Waals surface area contributed by atoms with Gasteiger partial charge in [-0.25, -0.2) is 0 Å². The summed E-state index contributed by atoms with van der Waals surface area (Å²) in [4.78, 5) is 36.8. The molecule has 2 N–H and O–H groups in total. The molecule has 0 saturated heterocycles. The van der Waals surface area contributed by atoms with Crippen LogP contribution in [0.3, 0.4) is 0 Å². The molecule has 0 bridgehead atoms. The number of thiophene rings is 1. The molecule has 1 heterocycles. The molecule has 1 aromatic rings. The summed E-state index contributed by atoms with van der Waals surface area (Å²) < 4.78 is 4.96. The molecule has 0 aliphatic heterocycles. The van der Waals surface area contributed by atoms with Crippen molar-refractivity contribution >= 4 is 29.1 Å². The highest BCUT2D eigenvalue weighted by molar-refractivity contribution is 7.12. The maximum absolute atomic E-state index is 12.0. The zero-order valence-corrected chi connectivity index (χ0v) is 13.6. The number of ether oxygens (including phenoxy) is 1. The average molecular weight is 328 g/mol. The van der Waals surface area contributed by atoms with Gasteiger partial charge in [0.15, 0.2) is 0 Å². The fraction of sp³-hybridized carbons (Fsp3) is 0.500. The summed E-state index contributed by atoms with van der Waals surface area (Å²) in [7, 11) is 2.95. The van der Waals surface area contributed by atoms with E-state index in [1.807, 2.05) is 0 Å². The first kappa shape index (κ1) is 18.1. The Balaban J connectivity index is 2.63. The molecule has 2 amide bonds. The second kappa shape index (κ2) is 7.90. The maximum Gasteiger partial charge on any atom is 0.305 e. The van der Waals surface area contributed by atoms with Crippen LogP contribution in [0.2, 0.25) is 0 Å². The number of nitrogens with one attached hydrogen (secondary N) is 1. The lowest BCUT2D eigenvalue weighted by molar-refractivity contribution is -0.139. The van der Waals surface area contributed by atoms with Gasteiger partial charge in [-0.05, 0) is 18.4 Å². The summed E-state index contributed by atoms with van der Waals surface area (Å²) >= 11 is 1.30. The highest BCUT2D eigenvalue weighted by Crippen LogP contribution is 2.12. The van der Waals surface area contributed by atoms with E-state index in [1.54, 1.807) is 24.4 Å². The van der Waals surface area contributed by atoms with E-state index in [1.165, 1.54) is 30.4 Å². The first-order chi connectivity index (χ1) is 10.3. The van der Waals surface area contributed by atoms with Gasteiger partial charge in [-0.15, -0.1) is 11.3 Å². The Morgan fingerprint density at radius 1 is 1.45 bits per heavy atom. The molecule has 0 spiro atoms. The minimum Gasteiger partial charge on any atom is -0.481 e. The van der Waals surface area contributed by atoms with E-state index in [0.29, 0.717) is 4.88 Å². The molecule has 22 heavy (non-hydrogen) atoms. The molecular weight excluding hydrogens is 308 g/mol. The zero-order chi connectivity index (χ0) is 16.8. The predicted octanol–water partition coefficient (Wildman–Crippen LogP) is 0.816. The molecule has 1 atom stereocenters. The van der Waals surface area contributed by atoms with E-state index in [9.17, 15) is 14.4 Å². The maximum atomic E-state index is 12.0. The van der Waals surface area contributed by atoms with Crippen LogP contribution in [0.15, 0.2) is 17.5 Å². The van der Waals surface area contributed by atoms with Crippen LogP contribution in [0.5, 0.6) is 0 Å². The van der Waals surface area contributed by atoms with Crippen LogP contribution in [0, 0.1) is 0 Å². The van der Waals surface area contributed by atoms with Gasteiger partial charge in [-0.1, -0.05) is 6.07 Å². The Hall–Kier alpha value is -1.93. The lowest BCUT2D eigenvalue weighted by Gasteiger charge is -2.29. The third kappa shape index (κ3) is 5.45. The second-order valence-electron chi connectivity index (χ2n) is 5.25. The minimum absolute atomic E-state index is 0.0631. The number of carboxylic acid groups (broad SMARTS) is 1. The molecule has 1 rings (SSSR count). The number of carboxylic acids is 1. The number of methoxy groups -OCH3 is 1. The van der Waals surface area contributed by atoms with Crippen molar-refractivity contribution in [3.8, 4) is 0 Å². The van der Waals surface area contributed by atoms with E-state index in [2.05, 4.69) is 5.32 Å². The summed E-state index contributed by atoms with van der Waals surface area (Å²) in [5, 5.41) is 13.3. The predicted molar refractivity (Wildman–Crippen MR) is 82.0 cm³/mol. The summed E-state index contributed by atoms with van der Waals surface area (Å²) in [5.74, 6) is -1.73. The van der Waals surface area contributed by atoms with E-state index in [-0.39, 0.29) is 25.5 Å². The Labute approximate surface area is 132 Å². The number of carbonyl (C=O) groups excluding carboxylic acids is 2. The van der Waals surface area contributed by atoms with Gasteiger partial charge in [0.25, 0.3) is 5.91 Å². The van der Waals surface area contributed by atoms with Crippen LogP contribution >= 0.6 is 11.3 Å². The third-order valence-electron chi connectivity index (χ3n) is 2.90. The van der Waals surface area contributed by atoms with Crippen molar-refractivity contribution in [3.05, 3.63) is 22.4 Å². The molecule has 0 aliphatic rings. The Bertz CT molecular complexity index is 531. The summed E-state index contributed by atoms with van der Waals surface area (Å²) in [5.41, 5.74) is -1.02. The normalized spacial score (nSPS) is 13.2. The first-order valence-electron chi connectivity index (χ1n) is 6.58. The smallest absolute Gasteiger partial charge is 0.305 e. The number of aliphatic carboxylic acids is 1. The number of amides is 2. The van der Waals surface area contributed by atoms with Gasteiger partial charge in [0.1, 0.15) is 0 Å².